The van der Waals surface area contributed by atoms with Gasteiger partial charge in [-0.25, -0.2) is 0 Å². The molecule has 2 N–H and O–H groups in total. The zero-order chi connectivity index (χ0) is 8.55. The van der Waals surface area contributed by atoms with Gasteiger partial charge in [-0.3, -0.25) is 4.79 Å². The maximum atomic E-state index is 11.0. The molecule has 0 saturated heterocycles. The highest BCUT2D eigenvalue weighted by molar-refractivity contribution is 5.95. The first kappa shape index (κ1) is 9.86. The summed E-state index contributed by atoms with van der Waals surface area (Å²) in [7, 11) is 0. The van der Waals surface area contributed by atoms with Gasteiger partial charge in [0.2, 0.25) is 5.91 Å². The molecule has 1 heterocycles. The minimum absolute atomic E-state index is 0. The van der Waals surface area contributed by atoms with Gasteiger partial charge < -0.3 is 10.4 Å². The molecule has 0 atom stereocenters. The second-order valence-corrected chi connectivity index (χ2v) is 2.86. The van der Waals surface area contributed by atoms with Gasteiger partial charge in [0.15, 0.2) is 0 Å². The Kier molecular flexibility index (Phi) is 2.78. The van der Waals surface area contributed by atoms with Crippen LogP contribution in [0.3, 0.4) is 0 Å². The molecular formula is C9H10ClNO2. The fraction of sp³-hybridized carbons (Fsp3) is 0.222. The lowest BCUT2D eigenvalue weighted by atomic mass is 10.0. The summed E-state index contributed by atoms with van der Waals surface area (Å²) in [6.07, 6.45) is 1.23. The Morgan fingerprint density at radius 3 is 2.85 bits per heavy atom. The quantitative estimate of drug-likeness (QED) is 0.625. The van der Waals surface area contributed by atoms with Crippen molar-refractivity contribution in [1.29, 1.82) is 0 Å². The Morgan fingerprint density at radius 1 is 1.31 bits per heavy atom. The standard InChI is InChI=1S/C9H9NO2.ClH/c11-7-3-1-2-6-4-5-8(12)10-9(6)7;/h1-3,11H,4-5H2,(H,10,12);1H. The lowest BCUT2D eigenvalue weighted by Crippen LogP contribution is -2.18. The molecule has 70 valence electrons. The third-order valence-corrected chi connectivity index (χ3v) is 2.01. The molecule has 13 heavy (non-hydrogen) atoms. The number of amides is 1. The van der Waals surface area contributed by atoms with E-state index in [0.717, 1.165) is 12.0 Å². The van der Waals surface area contributed by atoms with E-state index in [1.165, 1.54) is 0 Å². The molecule has 0 aromatic heterocycles. The van der Waals surface area contributed by atoms with Crippen LogP contribution < -0.4 is 5.32 Å². The number of halogens is 1. The van der Waals surface area contributed by atoms with E-state index in [1.807, 2.05) is 6.07 Å². The molecule has 4 heteroatoms. The number of phenolic OH excluding ortho intramolecular Hbond substituents is 1. The summed E-state index contributed by atoms with van der Waals surface area (Å²) in [5, 5.41) is 12.0. The second-order valence-electron chi connectivity index (χ2n) is 2.86. The van der Waals surface area contributed by atoms with Crippen LogP contribution in [-0.4, -0.2) is 11.0 Å². The predicted molar refractivity (Wildman–Crippen MR) is 52.3 cm³/mol. The highest BCUT2D eigenvalue weighted by atomic mass is 35.5. The van der Waals surface area contributed by atoms with Crippen molar-refractivity contribution in [2.24, 2.45) is 0 Å². The average molecular weight is 200 g/mol. The molecule has 1 amide bonds. The summed E-state index contributed by atoms with van der Waals surface area (Å²) in [5.74, 6) is 0.129. The van der Waals surface area contributed by atoms with Gasteiger partial charge in [0.05, 0.1) is 5.69 Å². The zero-order valence-corrected chi connectivity index (χ0v) is 7.73. The van der Waals surface area contributed by atoms with Gasteiger partial charge in [0.25, 0.3) is 0 Å². The summed E-state index contributed by atoms with van der Waals surface area (Å²) < 4.78 is 0. The van der Waals surface area contributed by atoms with Gasteiger partial charge in [0, 0.05) is 6.42 Å². The molecule has 1 aliphatic rings. The largest absolute Gasteiger partial charge is 0.506 e. The van der Waals surface area contributed by atoms with E-state index in [4.69, 9.17) is 0 Å². The number of aryl methyl sites for hydroxylation is 1. The summed E-state index contributed by atoms with van der Waals surface area (Å²) in [4.78, 5) is 11.0. The number of carbonyl (C=O) groups is 1. The Balaban J connectivity index is 0.000000845. The van der Waals surface area contributed by atoms with Gasteiger partial charge in [0.1, 0.15) is 5.75 Å². The molecule has 0 bridgehead atoms. The van der Waals surface area contributed by atoms with Crippen molar-refractivity contribution in [2.45, 2.75) is 12.8 Å². The molecule has 2 rings (SSSR count). The number of nitrogens with one attached hydrogen (secondary N) is 1. The molecule has 0 spiro atoms. The first-order valence-electron chi connectivity index (χ1n) is 3.88. The van der Waals surface area contributed by atoms with E-state index < -0.39 is 0 Å². The number of para-hydroxylation sites is 1. The van der Waals surface area contributed by atoms with Gasteiger partial charge in [-0.1, -0.05) is 12.1 Å². The van der Waals surface area contributed by atoms with E-state index in [0.29, 0.717) is 12.1 Å². The van der Waals surface area contributed by atoms with Crippen molar-refractivity contribution in [2.75, 3.05) is 5.32 Å². The first-order chi connectivity index (χ1) is 5.77. The Bertz CT molecular complexity index is 338. The van der Waals surface area contributed by atoms with E-state index in [1.54, 1.807) is 12.1 Å². The van der Waals surface area contributed by atoms with Crippen LogP contribution in [0.15, 0.2) is 18.2 Å². The topological polar surface area (TPSA) is 49.3 Å². The van der Waals surface area contributed by atoms with Crippen LogP contribution in [0.1, 0.15) is 12.0 Å². The molecule has 0 radical (unpaired) electrons. The van der Waals surface area contributed by atoms with Gasteiger partial charge in [-0.15, -0.1) is 12.4 Å². The van der Waals surface area contributed by atoms with E-state index in [-0.39, 0.29) is 24.1 Å². The molecule has 0 fully saturated rings. The van der Waals surface area contributed by atoms with Gasteiger partial charge in [-0.05, 0) is 18.1 Å². The molecular weight excluding hydrogens is 190 g/mol. The van der Waals surface area contributed by atoms with Crippen molar-refractivity contribution in [1.82, 2.24) is 0 Å². The average Bonchev–Trinajstić information content (AvgIpc) is 2.07. The summed E-state index contributed by atoms with van der Waals surface area (Å²) in [5.41, 5.74) is 1.59. The van der Waals surface area contributed by atoms with Crippen molar-refractivity contribution in [3.05, 3.63) is 23.8 Å². The number of phenols is 1. The van der Waals surface area contributed by atoms with Crippen LogP contribution in [0, 0.1) is 0 Å². The number of benzene rings is 1. The number of hydrogen-bond donors (Lipinski definition) is 2. The number of hydrogen-bond acceptors (Lipinski definition) is 2. The lowest BCUT2D eigenvalue weighted by Gasteiger charge is -2.16. The summed E-state index contributed by atoms with van der Waals surface area (Å²) >= 11 is 0. The summed E-state index contributed by atoms with van der Waals surface area (Å²) in [6, 6.07) is 5.27. The monoisotopic (exact) mass is 199 g/mol. The number of carbonyl (C=O) groups excluding carboxylic acids is 1. The molecule has 0 unspecified atom stereocenters. The molecule has 0 saturated carbocycles. The van der Waals surface area contributed by atoms with Crippen molar-refractivity contribution in [3.8, 4) is 5.75 Å². The van der Waals surface area contributed by atoms with Crippen molar-refractivity contribution >= 4 is 24.0 Å². The molecule has 1 aromatic carbocycles. The summed E-state index contributed by atoms with van der Waals surface area (Å²) in [6.45, 7) is 0. The second kappa shape index (κ2) is 3.66. The van der Waals surface area contributed by atoms with Crippen molar-refractivity contribution < 1.29 is 9.90 Å². The minimum atomic E-state index is -0.0241. The van der Waals surface area contributed by atoms with Gasteiger partial charge >= 0.3 is 0 Å². The Hall–Kier alpha value is -1.22. The van der Waals surface area contributed by atoms with Crippen LogP contribution in [0.25, 0.3) is 0 Å². The van der Waals surface area contributed by atoms with E-state index in [9.17, 15) is 9.90 Å². The molecule has 0 aliphatic carbocycles. The Labute approximate surface area is 82.2 Å². The highest BCUT2D eigenvalue weighted by Gasteiger charge is 2.16. The van der Waals surface area contributed by atoms with Crippen LogP contribution in [0.4, 0.5) is 5.69 Å². The van der Waals surface area contributed by atoms with Crippen LogP contribution >= 0.6 is 12.4 Å². The molecule has 3 nitrogen and oxygen atoms in total. The number of aromatic hydroxyl groups is 1. The lowest BCUT2D eigenvalue weighted by molar-refractivity contribution is -0.116. The smallest absolute Gasteiger partial charge is 0.224 e. The fourth-order valence-electron chi connectivity index (χ4n) is 1.39. The predicted octanol–water partition coefficient (Wildman–Crippen LogP) is 1.70. The first-order valence-corrected chi connectivity index (χ1v) is 3.88. The van der Waals surface area contributed by atoms with Crippen molar-refractivity contribution in [3.63, 3.8) is 0 Å². The Morgan fingerprint density at radius 2 is 2.08 bits per heavy atom. The van der Waals surface area contributed by atoms with Crippen LogP contribution in [0.5, 0.6) is 5.75 Å². The maximum absolute atomic E-state index is 11.0. The number of fused-ring (bicyclic) bond motifs is 1. The normalized spacial score (nSPS) is 14.0. The SMILES string of the molecule is Cl.O=C1CCc2cccc(O)c2N1. The third kappa shape index (κ3) is 1.75. The third-order valence-electron chi connectivity index (χ3n) is 2.01. The zero-order valence-electron chi connectivity index (χ0n) is 6.91. The number of rotatable bonds is 0. The minimum Gasteiger partial charge on any atom is -0.506 e. The van der Waals surface area contributed by atoms with E-state index in [2.05, 4.69) is 5.32 Å². The maximum Gasteiger partial charge on any atom is 0.224 e. The van der Waals surface area contributed by atoms with Crippen LogP contribution in [-0.2, 0) is 11.2 Å². The molecule has 1 aromatic rings. The number of anilines is 1. The van der Waals surface area contributed by atoms with E-state index >= 15 is 0 Å². The fourth-order valence-corrected chi connectivity index (χ4v) is 1.39. The van der Waals surface area contributed by atoms with Crippen LogP contribution in [0.2, 0.25) is 0 Å². The van der Waals surface area contributed by atoms with Gasteiger partial charge in [-0.2, -0.15) is 0 Å². The highest BCUT2D eigenvalue weighted by Crippen LogP contribution is 2.30. The molecule has 1 aliphatic heterocycles.